The van der Waals surface area contributed by atoms with E-state index in [1.807, 2.05) is 6.07 Å². The van der Waals surface area contributed by atoms with Crippen molar-refractivity contribution in [1.82, 2.24) is 15.0 Å². The molecule has 0 amide bonds. The Bertz CT molecular complexity index is 1230. The van der Waals surface area contributed by atoms with Crippen LogP contribution in [0.15, 0.2) is 71.5 Å². The van der Waals surface area contributed by atoms with Gasteiger partial charge in [0.1, 0.15) is 18.6 Å². The molecule has 1 aliphatic heterocycles. The molecule has 0 spiro atoms. The number of halogens is 1. The van der Waals surface area contributed by atoms with E-state index in [-0.39, 0.29) is 12.3 Å². The number of rotatable bonds is 8. The maximum Gasteiger partial charge on any atom is 0.471 e. The second kappa shape index (κ2) is 9.65. The van der Waals surface area contributed by atoms with Crippen molar-refractivity contribution in [2.75, 3.05) is 6.73 Å². The zero-order chi connectivity index (χ0) is 23.4. The summed E-state index contributed by atoms with van der Waals surface area (Å²) in [5, 5.41) is 4.00. The van der Waals surface area contributed by atoms with E-state index in [9.17, 15) is 8.96 Å². The van der Waals surface area contributed by atoms with Crippen molar-refractivity contribution in [3.05, 3.63) is 89.8 Å². The summed E-state index contributed by atoms with van der Waals surface area (Å²) >= 11 is 0. The van der Waals surface area contributed by atoms with Crippen LogP contribution in [0, 0.1) is 5.82 Å². The lowest BCUT2D eigenvalue weighted by molar-refractivity contribution is 0.110. The lowest BCUT2D eigenvalue weighted by Crippen LogP contribution is -2.41. The van der Waals surface area contributed by atoms with E-state index < -0.39 is 26.5 Å². The summed E-state index contributed by atoms with van der Waals surface area (Å²) in [5.41, 5.74) is 7.77. The highest BCUT2D eigenvalue weighted by atomic mass is 31.2. The zero-order valence-electron chi connectivity index (χ0n) is 17.1. The SMILES string of the molecule is NC1C(c2cc(Cc3cnc(Oc4ccccc4)c(F)c3)no2)=CC=CN1COP(=O)(O)O. The van der Waals surface area contributed by atoms with Crippen molar-refractivity contribution in [2.24, 2.45) is 5.73 Å². The molecule has 10 nitrogen and oxygen atoms in total. The summed E-state index contributed by atoms with van der Waals surface area (Å²) < 4.78 is 40.7. The number of hydrogen-bond donors (Lipinski definition) is 3. The molecule has 0 saturated heterocycles. The van der Waals surface area contributed by atoms with Crippen molar-refractivity contribution >= 4 is 13.4 Å². The van der Waals surface area contributed by atoms with Gasteiger partial charge in [-0.1, -0.05) is 29.4 Å². The smallest absolute Gasteiger partial charge is 0.436 e. The van der Waals surface area contributed by atoms with Crippen LogP contribution in [-0.2, 0) is 15.5 Å². The first-order valence-electron chi connectivity index (χ1n) is 9.71. The minimum Gasteiger partial charge on any atom is -0.436 e. The molecule has 4 N–H and O–H groups in total. The summed E-state index contributed by atoms with van der Waals surface area (Å²) in [6.07, 6.45) is 5.83. The third-order valence-electron chi connectivity index (χ3n) is 4.65. The van der Waals surface area contributed by atoms with Crippen molar-refractivity contribution in [1.29, 1.82) is 0 Å². The van der Waals surface area contributed by atoms with E-state index in [2.05, 4.69) is 14.7 Å². The molecule has 33 heavy (non-hydrogen) atoms. The highest BCUT2D eigenvalue weighted by molar-refractivity contribution is 7.46. The number of pyridine rings is 1. The normalized spacial score (nSPS) is 16.1. The molecular formula is C21H20FN4O6P. The lowest BCUT2D eigenvalue weighted by Gasteiger charge is -2.30. The molecule has 4 rings (SSSR count). The van der Waals surface area contributed by atoms with Crippen LogP contribution in [0.3, 0.4) is 0 Å². The van der Waals surface area contributed by atoms with Gasteiger partial charge in [-0.25, -0.2) is 13.9 Å². The van der Waals surface area contributed by atoms with E-state index in [1.165, 1.54) is 23.4 Å². The summed E-state index contributed by atoms with van der Waals surface area (Å²) in [6, 6.07) is 11.7. The molecular weight excluding hydrogens is 454 g/mol. The molecule has 0 saturated carbocycles. The van der Waals surface area contributed by atoms with Gasteiger partial charge < -0.3 is 29.7 Å². The molecule has 12 heteroatoms. The molecule has 0 aliphatic carbocycles. The highest BCUT2D eigenvalue weighted by Crippen LogP contribution is 2.36. The van der Waals surface area contributed by atoms with Crippen LogP contribution in [0.2, 0.25) is 0 Å². The Hall–Kier alpha value is -3.34. The number of phosphoric ester groups is 1. The van der Waals surface area contributed by atoms with Crippen molar-refractivity contribution in [3.8, 4) is 11.6 Å². The van der Waals surface area contributed by atoms with Crippen LogP contribution in [-0.4, -0.2) is 37.7 Å². The number of hydrogen-bond acceptors (Lipinski definition) is 8. The summed E-state index contributed by atoms with van der Waals surface area (Å²) in [7, 11) is -4.64. The number of nitrogens with two attached hydrogens (primary N) is 1. The standard InChI is InChI=1S/C21H20FN4O6P/c22-18-10-14(12-24-21(18)31-16-5-2-1-3-6-16)9-15-11-19(32-25-15)17-7-4-8-26(20(17)23)13-30-33(27,28)29/h1-8,10-12,20H,9,13,23H2,(H2,27,28,29). The minimum absolute atomic E-state index is 0.131. The van der Waals surface area contributed by atoms with Gasteiger partial charge in [-0.3, -0.25) is 4.52 Å². The Morgan fingerprint density at radius 2 is 2.03 bits per heavy atom. The number of para-hydroxylation sites is 1. The average Bonchev–Trinajstić information content (AvgIpc) is 3.23. The molecule has 1 aromatic carbocycles. The van der Waals surface area contributed by atoms with Gasteiger partial charge in [0.25, 0.3) is 5.88 Å². The molecule has 0 radical (unpaired) electrons. The molecule has 1 atom stereocenters. The number of ether oxygens (including phenoxy) is 1. The van der Waals surface area contributed by atoms with Crippen LogP contribution in [0.1, 0.15) is 17.0 Å². The zero-order valence-corrected chi connectivity index (χ0v) is 18.0. The summed E-state index contributed by atoms with van der Waals surface area (Å²) in [5.74, 6) is 0.0983. The molecule has 0 bridgehead atoms. The van der Waals surface area contributed by atoms with Crippen LogP contribution in [0.25, 0.3) is 5.57 Å². The van der Waals surface area contributed by atoms with Gasteiger partial charge in [-0.2, -0.15) is 0 Å². The maximum absolute atomic E-state index is 14.4. The number of benzene rings is 1. The monoisotopic (exact) mass is 474 g/mol. The van der Waals surface area contributed by atoms with E-state index in [4.69, 9.17) is 24.8 Å². The fourth-order valence-electron chi connectivity index (χ4n) is 3.10. The first kappa shape index (κ1) is 22.8. The summed E-state index contributed by atoms with van der Waals surface area (Å²) in [6.45, 7) is -0.414. The second-order valence-corrected chi connectivity index (χ2v) is 8.32. The first-order chi connectivity index (χ1) is 15.8. The molecule has 1 unspecified atom stereocenters. The fourth-order valence-corrected chi connectivity index (χ4v) is 3.38. The number of aromatic nitrogens is 2. The van der Waals surface area contributed by atoms with Crippen LogP contribution >= 0.6 is 7.82 Å². The highest BCUT2D eigenvalue weighted by Gasteiger charge is 2.25. The third kappa shape index (κ3) is 5.92. The Morgan fingerprint density at radius 3 is 2.76 bits per heavy atom. The van der Waals surface area contributed by atoms with Gasteiger partial charge in [0.05, 0.1) is 5.69 Å². The van der Waals surface area contributed by atoms with Gasteiger partial charge in [0.2, 0.25) is 0 Å². The topological polar surface area (TPSA) is 144 Å². The van der Waals surface area contributed by atoms with Gasteiger partial charge in [0.15, 0.2) is 11.6 Å². The van der Waals surface area contributed by atoms with Crippen LogP contribution < -0.4 is 10.5 Å². The van der Waals surface area contributed by atoms with Crippen molar-refractivity contribution in [2.45, 2.75) is 12.6 Å². The quantitative estimate of drug-likeness (QED) is 0.416. The Balaban J connectivity index is 1.42. The van der Waals surface area contributed by atoms with Crippen LogP contribution in [0.4, 0.5) is 4.39 Å². The van der Waals surface area contributed by atoms with Crippen molar-refractivity contribution in [3.63, 3.8) is 0 Å². The average molecular weight is 474 g/mol. The third-order valence-corrected chi connectivity index (χ3v) is 5.11. The number of allylic oxidation sites excluding steroid dienone is 2. The van der Waals surface area contributed by atoms with Gasteiger partial charge in [0, 0.05) is 30.5 Å². The predicted octanol–water partition coefficient (Wildman–Crippen LogP) is 3.16. The molecule has 2 aromatic heterocycles. The Kier molecular flexibility index (Phi) is 6.68. The van der Waals surface area contributed by atoms with Crippen molar-refractivity contribution < 1.29 is 32.5 Å². The predicted molar refractivity (Wildman–Crippen MR) is 115 cm³/mol. The second-order valence-electron chi connectivity index (χ2n) is 7.08. The summed E-state index contributed by atoms with van der Waals surface area (Å²) in [4.78, 5) is 23.2. The molecule has 1 aliphatic rings. The van der Waals surface area contributed by atoms with Gasteiger partial charge in [-0.15, -0.1) is 0 Å². The molecule has 0 fully saturated rings. The first-order valence-corrected chi connectivity index (χ1v) is 11.2. The number of nitrogens with zero attached hydrogens (tertiary/aromatic N) is 3. The molecule has 3 heterocycles. The maximum atomic E-state index is 14.4. The minimum atomic E-state index is -4.64. The fraction of sp³-hybridized carbons (Fsp3) is 0.143. The van der Waals surface area contributed by atoms with Crippen LogP contribution in [0.5, 0.6) is 11.6 Å². The van der Waals surface area contributed by atoms with E-state index in [0.717, 1.165) is 0 Å². The Morgan fingerprint density at radius 1 is 1.24 bits per heavy atom. The van der Waals surface area contributed by atoms with Gasteiger partial charge in [-0.05, 0) is 29.8 Å². The van der Waals surface area contributed by atoms with E-state index in [0.29, 0.717) is 28.3 Å². The molecule has 172 valence electrons. The van der Waals surface area contributed by atoms with Gasteiger partial charge >= 0.3 is 7.82 Å². The Labute approximate surface area is 188 Å². The van der Waals surface area contributed by atoms with E-state index in [1.54, 1.807) is 42.5 Å². The number of phosphoric acid groups is 1. The largest absolute Gasteiger partial charge is 0.471 e. The van der Waals surface area contributed by atoms with E-state index >= 15 is 0 Å². The molecule has 3 aromatic rings. The lowest BCUT2D eigenvalue weighted by atomic mass is 10.1.